The van der Waals surface area contributed by atoms with Crippen molar-refractivity contribution >= 4 is 33.8 Å². The molecular weight excluding hydrogens is 376 g/mol. The molecule has 0 amide bonds. The molecule has 144 valence electrons. The number of hydrogen-bond acceptors (Lipinski definition) is 6. The summed E-state index contributed by atoms with van der Waals surface area (Å²) in [5.41, 5.74) is 7.66. The van der Waals surface area contributed by atoms with Crippen LogP contribution in [-0.4, -0.2) is 34.8 Å². The second kappa shape index (κ2) is 9.18. The molecule has 3 aromatic rings. The highest BCUT2D eigenvalue weighted by molar-refractivity contribution is 8.13. The van der Waals surface area contributed by atoms with Crippen LogP contribution >= 0.6 is 11.8 Å². The molecule has 0 atom stereocenters. The average Bonchev–Trinajstić information content (AvgIpc) is 2.72. The molecule has 0 aliphatic rings. The van der Waals surface area contributed by atoms with Crippen molar-refractivity contribution in [1.82, 2.24) is 9.97 Å². The van der Waals surface area contributed by atoms with Gasteiger partial charge in [-0.2, -0.15) is 0 Å². The number of amidine groups is 1. The molecule has 0 unspecified atom stereocenters. The van der Waals surface area contributed by atoms with Crippen LogP contribution in [0.4, 0.5) is 0 Å². The van der Waals surface area contributed by atoms with Crippen molar-refractivity contribution in [1.29, 1.82) is 0 Å². The zero-order valence-electron chi connectivity index (χ0n) is 15.3. The van der Waals surface area contributed by atoms with Crippen molar-refractivity contribution < 1.29 is 9.53 Å². The Bertz CT molecular complexity index is 1060. The monoisotopic (exact) mass is 396 g/mol. The summed E-state index contributed by atoms with van der Waals surface area (Å²) in [4.78, 5) is 35.4. The number of esters is 1. The molecule has 1 aromatic heterocycles. The molecule has 0 spiro atoms. The Morgan fingerprint density at radius 2 is 2.04 bits per heavy atom. The topological polar surface area (TPSA) is 110 Å². The van der Waals surface area contributed by atoms with E-state index in [0.717, 1.165) is 6.42 Å². The first-order valence-electron chi connectivity index (χ1n) is 8.64. The molecule has 3 rings (SSSR count). The molecule has 0 fully saturated rings. The van der Waals surface area contributed by atoms with Crippen molar-refractivity contribution in [3.63, 3.8) is 0 Å². The number of methoxy groups -OCH3 is 1. The Morgan fingerprint density at radius 3 is 2.79 bits per heavy atom. The minimum absolute atomic E-state index is 0.267. The molecule has 0 aliphatic heterocycles. The quantitative estimate of drug-likeness (QED) is 0.376. The largest absolute Gasteiger partial charge is 0.465 e. The highest BCUT2D eigenvalue weighted by atomic mass is 32.2. The fraction of sp³-hybridized carbons (Fsp3) is 0.200. The van der Waals surface area contributed by atoms with Crippen LogP contribution in [0.15, 0.2) is 58.3 Å². The van der Waals surface area contributed by atoms with E-state index in [9.17, 15) is 9.59 Å². The number of nitrogens with one attached hydrogen (secondary N) is 1. The maximum atomic E-state index is 12.2. The summed E-state index contributed by atoms with van der Waals surface area (Å²) >= 11 is 1.30. The summed E-state index contributed by atoms with van der Waals surface area (Å²) in [6, 6.07) is 14.7. The lowest BCUT2D eigenvalue weighted by Gasteiger charge is -2.05. The Morgan fingerprint density at radius 1 is 1.25 bits per heavy atom. The van der Waals surface area contributed by atoms with Crippen LogP contribution in [0.1, 0.15) is 21.7 Å². The van der Waals surface area contributed by atoms with Gasteiger partial charge >= 0.3 is 5.97 Å². The van der Waals surface area contributed by atoms with Gasteiger partial charge in [-0.3, -0.25) is 9.79 Å². The van der Waals surface area contributed by atoms with Crippen molar-refractivity contribution in [2.45, 2.75) is 12.2 Å². The second-order valence-electron chi connectivity index (χ2n) is 5.98. The van der Waals surface area contributed by atoms with Crippen LogP contribution in [-0.2, 0) is 16.9 Å². The van der Waals surface area contributed by atoms with E-state index >= 15 is 0 Å². The van der Waals surface area contributed by atoms with Crippen LogP contribution in [0.5, 0.6) is 0 Å². The Kier molecular flexibility index (Phi) is 6.44. The summed E-state index contributed by atoms with van der Waals surface area (Å²) in [6.45, 7) is 0.590. The smallest absolute Gasteiger partial charge is 0.337 e. The summed E-state index contributed by atoms with van der Waals surface area (Å²) in [5, 5.41) is 0.841. The predicted octanol–water partition coefficient (Wildman–Crippen LogP) is 2.50. The average molecular weight is 396 g/mol. The third-order valence-electron chi connectivity index (χ3n) is 4.04. The number of carbonyl (C=O) groups excluding carboxylic acids is 1. The number of benzene rings is 2. The third kappa shape index (κ3) is 4.98. The van der Waals surface area contributed by atoms with Gasteiger partial charge in [-0.15, -0.1) is 0 Å². The SMILES string of the molecule is COC(=O)c1ccc2c(=O)[nH]c(CSC(N)=NCCc3ccccc3)nc2c1. The van der Waals surface area contributed by atoms with Gasteiger partial charge in [0.15, 0.2) is 5.17 Å². The van der Waals surface area contributed by atoms with E-state index in [4.69, 9.17) is 10.5 Å². The molecule has 1 heterocycles. The minimum Gasteiger partial charge on any atom is -0.465 e. The molecule has 3 N–H and O–H groups in total. The van der Waals surface area contributed by atoms with Gasteiger partial charge in [0.05, 0.1) is 29.3 Å². The lowest BCUT2D eigenvalue weighted by Crippen LogP contribution is -2.14. The molecule has 0 saturated carbocycles. The summed E-state index contributed by atoms with van der Waals surface area (Å²) < 4.78 is 4.71. The number of nitrogens with zero attached hydrogens (tertiary/aromatic N) is 2. The molecule has 0 saturated heterocycles. The van der Waals surface area contributed by atoms with Crippen LogP contribution < -0.4 is 11.3 Å². The maximum Gasteiger partial charge on any atom is 0.337 e. The summed E-state index contributed by atoms with van der Waals surface area (Å²) in [6.07, 6.45) is 0.809. The fourth-order valence-electron chi connectivity index (χ4n) is 2.63. The molecule has 0 radical (unpaired) electrons. The first-order valence-corrected chi connectivity index (χ1v) is 9.63. The van der Waals surface area contributed by atoms with Crippen molar-refractivity contribution in [2.24, 2.45) is 10.7 Å². The minimum atomic E-state index is -0.477. The van der Waals surface area contributed by atoms with E-state index in [1.165, 1.54) is 30.5 Å². The van der Waals surface area contributed by atoms with E-state index in [-0.39, 0.29) is 5.56 Å². The number of aliphatic imine (C=N–C) groups is 1. The second-order valence-corrected chi connectivity index (χ2v) is 6.98. The Hall–Kier alpha value is -3.13. The Labute approximate surface area is 166 Å². The molecule has 8 heteroatoms. The van der Waals surface area contributed by atoms with Crippen molar-refractivity contribution in [2.75, 3.05) is 13.7 Å². The predicted molar refractivity (Wildman–Crippen MR) is 112 cm³/mol. The van der Waals surface area contributed by atoms with Gasteiger partial charge in [-0.1, -0.05) is 42.1 Å². The first-order chi connectivity index (χ1) is 13.6. The normalized spacial score (nSPS) is 11.5. The molecule has 7 nitrogen and oxygen atoms in total. The van der Waals surface area contributed by atoms with Gasteiger partial charge in [-0.05, 0) is 30.2 Å². The van der Waals surface area contributed by atoms with Crippen LogP contribution in [0.2, 0.25) is 0 Å². The lowest BCUT2D eigenvalue weighted by molar-refractivity contribution is 0.0601. The number of aromatic amines is 1. The molecule has 2 aromatic carbocycles. The number of ether oxygens (including phenoxy) is 1. The number of aromatic nitrogens is 2. The maximum absolute atomic E-state index is 12.2. The highest BCUT2D eigenvalue weighted by Gasteiger charge is 2.10. The Balaban J connectivity index is 1.67. The van der Waals surface area contributed by atoms with Gasteiger partial charge in [0, 0.05) is 6.54 Å². The molecule has 28 heavy (non-hydrogen) atoms. The summed E-state index contributed by atoms with van der Waals surface area (Å²) in [5.74, 6) is 0.356. The first kappa shape index (κ1) is 19.6. The highest BCUT2D eigenvalue weighted by Crippen LogP contribution is 2.14. The standard InChI is InChI=1S/C20H20N4O3S/c1-27-19(26)14-7-8-15-16(11-14)23-17(24-18(15)25)12-28-20(21)22-10-9-13-5-3-2-4-6-13/h2-8,11H,9-10,12H2,1H3,(H2,21,22)(H,23,24,25). The van der Waals surface area contributed by atoms with E-state index in [0.29, 0.717) is 39.8 Å². The fourth-order valence-corrected chi connectivity index (χ4v) is 3.23. The number of rotatable bonds is 6. The van der Waals surface area contributed by atoms with E-state index < -0.39 is 5.97 Å². The number of hydrogen-bond donors (Lipinski definition) is 2. The van der Waals surface area contributed by atoms with E-state index in [2.05, 4.69) is 15.0 Å². The van der Waals surface area contributed by atoms with Crippen molar-refractivity contribution in [3.05, 3.63) is 75.8 Å². The zero-order chi connectivity index (χ0) is 19.9. The van der Waals surface area contributed by atoms with Gasteiger partial charge in [0.25, 0.3) is 5.56 Å². The van der Waals surface area contributed by atoms with Gasteiger partial charge < -0.3 is 15.5 Å². The van der Waals surface area contributed by atoms with Gasteiger partial charge in [-0.25, -0.2) is 9.78 Å². The van der Waals surface area contributed by atoms with Crippen LogP contribution in [0.3, 0.4) is 0 Å². The van der Waals surface area contributed by atoms with Crippen LogP contribution in [0, 0.1) is 0 Å². The lowest BCUT2D eigenvalue weighted by atomic mass is 10.1. The van der Waals surface area contributed by atoms with Crippen molar-refractivity contribution in [3.8, 4) is 0 Å². The number of fused-ring (bicyclic) bond motifs is 1. The number of H-pyrrole nitrogens is 1. The zero-order valence-corrected chi connectivity index (χ0v) is 16.2. The van der Waals surface area contributed by atoms with E-state index in [1.54, 1.807) is 12.1 Å². The molecule has 0 aliphatic carbocycles. The molecular formula is C20H20N4O3S. The van der Waals surface area contributed by atoms with E-state index in [1.807, 2.05) is 30.3 Å². The number of carbonyl (C=O) groups is 1. The number of nitrogens with two attached hydrogens (primary N) is 1. The third-order valence-corrected chi connectivity index (χ3v) is 4.89. The van der Waals surface area contributed by atoms with Gasteiger partial charge in [0.1, 0.15) is 5.82 Å². The van der Waals surface area contributed by atoms with Gasteiger partial charge in [0.2, 0.25) is 0 Å². The summed E-state index contributed by atoms with van der Waals surface area (Å²) in [7, 11) is 1.31. The molecule has 0 bridgehead atoms. The van der Waals surface area contributed by atoms with Crippen LogP contribution in [0.25, 0.3) is 10.9 Å². The number of thioether (sulfide) groups is 1.